The fourth-order valence-electron chi connectivity index (χ4n) is 1.64. The molecule has 0 saturated carbocycles. The van der Waals surface area contributed by atoms with Gasteiger partial charge in [-0.3, -0.25) is 4.79 Å². The van der Waals surface area contributed by atoms with E-state index in [1.54, 1.807) is 30.3 Å². The van der Waals surface area contributed by atoms with Crippen molar-refractivity contribution in [3.05, 3.63) is 42.1 Å². The largest absolute Gasteiger partial charge is 0.459 e. The molecule has 0 aliphatic rings. The normalized spacial score (nSPS) is 12.1. The van der Waals surface area contributed by atoms with Crippen LogP contribution in [0.2, 0.25) is 0 Å². The third-order valence-corrected chi connectivity index (χ3v) is 3.02. The van der Waals surface area contributed by atoms with E-state index in [1.807, 2.05) is 0 Å². The number of anilines is 1. The van der Waals surface area contributed by atoms with Crippen LogP contribution < -0.4 is 9.64 Å². The highest BCUT2D eigenvalue weighted by molar-refractivity contribution is 5.93. The summed E-state index contributed by atoms with van der Waals surface area (Å²) < 4.78 is 71.7. The van der Waals surface area contributed by atoms with Gasteiger partial charge >= 0.3 is 18.0 Å². The van der Waals surface area contributed by atoms with Gasteiger partial charge in [-0.25, -0.2) is 0 Å². The van der Waals surface area contributed by atoms with E-state index < -0.39 is 36.3 Å². The number of likely N-dealkylation sites (N-methyl/N-ethyl adjacent to an activating group) is 1. The molecule has 0 bridgehead atoms. The molecule has 0 aliphatic carbocycles. The number of hydrogen-bond donors (Lipinski definition) is 0. The molecule has 0 unspecified atom stereocenters. The third-order valence-electron chi connectivity index (χ3n) is 3.02. The summed E-state index contributed by atoms with van der Waals surface area (Å²) in [5.74, 6) is -6.46. The lowest BCUT2D eigenvalue weighted by atomic mass is 10.2. The summed E-state index contributed by atoms with van der Waals surface area (Å²) >= 11 is 0. The van der Waals surface area contributed by atoms with Gasteiger partial charge in [-0.05, 0) is 12.1 Å². The molecule has 0 radical (unpaired) electrons. The molecular formula is C14H11F5N2O3. The summed E-state index contributed by atoms with van der Waals surface area (Å²) in [5, 5.41) is 2.64. The highest BCUT2D eigenvalue weighted by Crippen LogP contribution is 2.43. The second-order valence-corrected chi connectivity index (χ2v) is 4.68. The van der Waals surface area contributed by atoms with Gasteiger partial charge in [0.05, 0.1) is 6.07 Å². The van der Waals surface area contributed by atoms with E-state index in [4.69, 9.17) is 4.74 Å². The lowest BCUT2D eigenvalue weighted by Gasteiger charge is -2.16. The van der Waals surface area contributed by atoms with E-state index in [2.05, 4.69) is 9.68 Å². The van der Waals surface area contributed by atoms with Crippen molar-refractivity contribution in [2.75, 3.05) is 18.6 Å². The zero-order valence-corrected chi connectivity index (χ0v) is 12.2. The summed E-state index contributed by atoms with van der Waals surface area (Å²) in [5.41, 5.74) is -1.10. The molecule has 2 rings (SSSR count). The number of rotatable bonds is 5. The van der Waals surface area contributed by atoms with E-state index in [9.17, 15) is 26.7 Å². The van der Waals surface area contributed by atoms with Crippen LogP contribution in [0.4, 0.5) is 27.6 Å². The number of ether oxygens (including phenoxy) is 1. The van der Waals surface area contributed by atoms with Crippen LogP contribution in [-0.4, -0.2) is 30.9 Å². The lowest BCUT2D eigenvalue weighted by Crippen LogP contribution is -2.33. The Hall–Kier alpha value is -2.65. The highest BCUT2D eigenvalue weighted by Gasteiger charge is 2.61. The predicted octanol–water partition coefficient (Wildman–Crippen LogP) is 3.37. The maximum atomic E-state index is 13.0. The van der Waals surface area contributed by atoms with Crippen LogP contribution in [0.3, 0.4) is 0 Å². The molecule has 2 aromatic rings. The van der Waals surface area contributed by atoms with E-state index in [0.29, 0.717) is 11.8 Å². The maximum absolute atomic E-state index is 13.0. The molecule has 1 amide bonds. The number of alkyl halides is 5. The number of aromatic nitrogens is 1. The monoisotopic (exact) mass is 350 g/mol. The SMILES string of the molecule is CN(C(=O)COc1cc(C(F)(F)C(F)(F)F)no1)c1ccccc1. The van der Waals surface area contributed by atoms with Gasteiger partial charge in [-0.2, -0.15) is 22.0 Å². The fourth-order valence-corrected chi connectivity index (χ4v) is 1.64. The van der Waals surface area contributed by atoms with Gasteiger partial charge in [0.2, 0.25) is 0 Å². The quantitative estimate of drug-likeness (QED) is 0.776. The minimum Gasteiger partial charge on any atom is -0.454 e. The van der Waals surface area contributed by atoms with E-state index in [-0.39, 0.29) is 0 Å². The second-order valence-electron chi connectivity index (χ2n) is 4.68. The van der Waals surface area contributed by atoms with Crippen LogP contribution >= 0.6 is 0 Å². The standard InChI is InChI=1S/C14H11F5N2O3/c1-21(9-5-3-2-4-6-9)11(22)8-23-12-7-10(20-24-12)13(15,16)14(17,18)19/h2-7H,8H2,1H3. The Kier molecular flexibility index (Phi) is 4.76. The van der Waals surface area contributed by atoms with Gasteiger partial charge in [0.1, 0.15) is 0 Å². The molecule has 0 fully saturated rings. The van der Waals surface area contributed by atoms with Gasteiger partial charge in [-0.15, -0.1) is 0 Å². The van der Waals surface area contributed by atoms with Crippen molar-refractivity contribution in [2.24, 2.45) is 0 Å². The van der Waals surface area contributed by atoms with Crippen molar-refractivity contribution in [3.8, 4) is 5.95 Å². The van der Waals surface area contributed by atoms with Gasteiger partial charge < -0.3 is 14.2 Å². The molecular weight excluding hydrogens is 339 g/mol. The van der Waals surface area contributed by atoms with Crippen molar-refractivity contribution in [1.82, 2.24) is 5.16 Å². The smallest absolute Gasteiger partial charge is 0.454 e. The van der Waals surface area contributed by atoms with Crippen LogP contribution in [0.5, 0.6) is 5.95 Å². The Morgan fingerprint density at radius 1 is 1.21 bits per heavy atom. The average molecular weight is 350 g/mol. The highest BCUT2D eigenvalue weighted by atomic mass is 19.4. The minimum atomic E-state index is -5.81. The number of hydrogen-bond acceptors (Lipinski definition) is 4. The molecule has 1 aromatic heterocycles. The molecule has 0 spiro atoms. The average Bonchev–Trinajstić information content (AvgIpc) is 3.01. The number of carbonyl (C=O) groups is 1. The van der Waals surface area contributed by atoms with E-state index >= 15 is 0 Å². The molecule has 10 heteroatoms. The molecule has 1 heterocycles. The zero-order chi connectivity index (χ0) is 18.0. The van der Waals surface area contributed by atoms with Crippen molar-refractivity contribution in [3.63, 3.8) is 0 Å². The van der Waals surface area contributed by atoms with Crippen molar-refractivity contribution in [2.45, 2.75) is 12.1 Å². The summed E-state index contributed by atoms with van der Waals surface area (Å²) in [6, 6.07) is 8.73. The van der Waals surface area contributed by atoms with Crippen molar-refractivity contribution < 1.29 is 36.0 Å². The molecule has 0 atom stereocenters. The Morgan fingerprint density at radius 3 is 2.42 bits per heavy atom. The first-order valence-corrected chi connectivity index (χ1v) is 6.49. The predicted molar refractivity (Wildman–Crippen MR) is 71.8 cm³/mol. The Morgan fingerprint density at radius 2 is 1.83 bits per heavy atom. The summed E-state index contributed by atoms with van der Waals surface area (Å²) in [6.45, 7) is -0.627. The number of amides is 1. The molecule has 130 valence electrons. The molecule has 0 saturated heterocycles. The fraction of sp³-hybridized carbons (Fsp3) is 0.286. The molecule has 5 nitrogen and oxygen atoms in total. The Bertz CT molecular complexity index is 700. The second kappa shape index (κ2) is 6.46. The topological polar surface area (TPSA) is 55.6 Å². The molecule has 24 heavy (non-hydrogen) atoms. The van der Waals surface area contributed by atoms with E-state index in [0.717, 1.165) is 0 Å². The van der Waals surface area contributed by atoms with Gasteiger partial charge in [0.25, 0.3) is 5.91 Å². The lowest BCUT2D eigenvalue weighted by molar-refractivity contribution is -0.291. The summed E-state index contributed by atoms with van der Waals surface area (Å²) in [6.07, 6.45) is -5.81. The van der Waals surface area contributed by atoms with Crippen LogP contribution in [0, 0.1) is 0 Å². The molecule has 0 N–H and O–H groups in total. The maximum Gasteiger partial charge on any atom is 0.459 e. The van der Waals surface area contributed by atoms with Crippen molar-refractivity contribution in [1.29, 1.82) is 0 Å². The number of nitrogens with zero attached hydrogens (tertiary/aromatic N) is 2. The van der Waals surface area contributed by atoms with Crippen molar-refractivity contribution >= 4 is 11.6 Å². The number of benzene rings is 1. The van der Waals surface area contributed by atoms with Crippen LogP contribution in [0.1, 0.15) is 5.69 Å². The van der Waals surface area contributed by atoms with Gasteiger partial charge in [-0.1, -0.05) is 23.4 Å². The number of carbonyl (C=O) groups excluding carboxylic acids is 1. The molecule has 0 aliphatic heterocycles. The number of para-hydroxylation sites is 1. The third kappa shape index (κ3) is 3.63. The van der Waals surface area contributed by atoms with Crippen LogP contribution in [0.25, 0.3) is 0 Å². The van der Waals surface area contributed by atoms with Crippen LogP contribution in [0.15, 0.2) is 40.9 Å². The first-order valence-electron chi connectivity index (χ1n) is 6.49. The Balaban J connectivity index is 2.00. The van der Waals surface area contributed by atoms with Gasteiger partial charge in [0, 0.05) is 12.7 Å². The molecule has 1 aromatic carbocycles. The van der Waals surface area contributed by atoms with Crippen LogP contribution in [-0.2, 0) is 10.7 Å². The Labute approximate surface area is 132 Å². The zero-order valence-electron chi connectivity index (χ0n) is 12.2. The summed E-state index contributed by atoms with van der Waals surface area (Å²) in [7, 11) is 1.45. The summed E-state index contributed by atoms with van der Waals surface area (Å²) in [4.78, 5) is 13.1. The van der Waals surface area contributed by atoms with Gasteiger partial charge in [0.15, 0.2) is 12.3 Å². The first kappa shape index (κ1) is 17.7. The number of halogens is 5. The minimum absolute atomic E-state index is 0.295. The first-order chi connectivity index (χ1) is 11.1. The van der Waals surface area contributed by atoms with E-state index in [1.165, 1.54) is 11.9 Å².